The van der Waals surface area contributed by atoms with Gasteiger partial charge in [0, 0.05) is 17.9 Å². The Morgan fingerprint density at radius 3 is 2.50 bits per heavy atom. The van der Waals surface area contributed by atoms with Gasteiger partial charge in [0.1, 0.15) is 0 Å². The van der Waals surface area contributed by atoms with Crippen molar-refractivity contribution >= 4 is 5.97 Å². The Bertz CT molecular complexity index is 664. The smallest absolute Gasteiger partial charge is 0.307 e. The summed E-state index contributed by atoms with van der Waals surface area (Å²) in [5, 5.41) is 36.4. The first-order valence-electron chi connectivity index (χ1n) is 12.4. The van der Waals surface area contributed by atoms with E-state index in [1.54, 1.807) is 0 Å². The van der Waals surface area contributed by atoms with E-state index in [-0.39, 0.29) is 23.3 Å². The van der Waals surface area contributed by atoms with Gasteiger partial charge >= 0.3 is 5.97 Å². The van der Waals surface area contributed by atoms with Crippen LogP contribution in [0.4, 0.5) is 0 Å². The molecule has 4 N–H and O–H groups in total. The van der Waals surface area contributed by atoms with Crippen LogP contribution in [0.3, 0.4) is 0 Å². The minimum absolute atomic E-state index is 0.152. The minimum Gasteiger partial charge on any atom is -0.481 e. The van der Waals surface area contributed by atoms with Gasteiger partial charge in [0.2, 0.25) is 0 Å². The second-order valence-electron chi connectivity index (χ2n) is 12.0. The fourth-order valence-electron chi connectivity index (χ4n) is 8.68. The number of carbonyl (C=O) groups is 1. The number of aliphatic carboxylic acids is 1. The summed E-state index contributed by atoms with van der Waals surface area (Å²) in [5.74, 6) is -0.640. The lowest BCUT2D eigenvalue weighted by Gasteiger charge is -2.65. The predicted molar refractivity (Wildman–Crippen MR) is 117 cm³/mol. The molecule has 4 aliphatic carbocycles. The summed E-state index contributed by atoms with van der Waals surface area (Å²) in [5.41, 5.74) is -0.722. The van der Waals surface area contributed by atoms with Crippen molar-refractivity contribution in [1.29, 1.82) is 0 Å². The maximum Gasteiger partial charge on any atom is 0.307 e. The molecule has 5 heteroatoms. The van der Waals surface area contributed by atoms with Crippen LogP contribution < -0.4 is 5.32 Å². The summed E-state index contributed by atoms with van der Waals surface area (Å²) in [6, 6.07) is 0.152. The van der Waals surface area contributed by atoms with Gasteiger partial charge in [-0.05, 0) is 92.9 Å². The van der Waals surface area contributed by atoms with Crippen molar-refractivity contribution in [3.05, 3.63) is 0 Å². The van der Waals surface area contributed by atoms with E-state index in [2.05, 4.69) is 33.0 Å². The summed E-state index contributed by atoms with van der Waals surface area (Å²) in [6.07, 6.45) is 8.24. The Kier molecular flexibility index (Phi) is 5.81. The number of rotatable bonds is 5. The Labute approximate surface area is 182 Å². The minimum atomic E-state index is -1.63. The molecule has 4 fully saturated rings. The van der Waals surface area contributed by atoms with Crippen molar-refractivity contribution in [3.63, 3.8) is 0 Å². The summed E-state index contributed by atoms with van der Waals surface area (Å²) < 4.78 is 0. The summed E-state index contributed by atoms with van der Waals surface area (Å²) >= 11 is 0. The van der Waals surface area contributed by atoms with Crippen molar-refractivity contribution in [2.45, 2.75) is 97.3 Å². The fraction of sp³-hybridized carbons (Fsp3) is 0.960. The van der Waals surface area contributed by atoms with Crippen LogP contribution in [-0.2, 0) is 4.79 Å². The van der Waals surface area contributed by atoms with Crippen LogP contribution in [0, 0.1) is 46.3 Å². The SMILES string of the molecule is CC(C)CCN[C@@H]1C[C@]2(C)[C@@H](C(=O)O)CC[C@H]2[C@@H]2CC[C@H]3CCCC(O)(O)[C@]3(C)[C@H]21. The molecule has 0 bridgehead atoms. The van der Waals surface area contributed by atoms with Crippen LogP contribution in [0.15, 0.2) is 0 Å². The number of aliphatic hydroxyl groups is 2. The van der Waals surface area contributed by atoms with E-state index < -0.39 is 17.2 Å². The van der Waals surface area contributed by atoms with Crippen LogP contribution in [0.2, 0.25) is 0 Å². The second kappa shape index (κ2) is 7.74. The normalized spacial score (nSPS) is 47.4. The molecule has 0 heterocycles. The summed E-state index contributed by atoms with van der Waals surface area (Å²) in [6.45, 7) is 9.74. The zero-order valence-electron chi connectivity index (χ0n) is 19.4. The number of carboxylic acids is 1. The van der Waals surface area contributed by atoms with Gasteiger partial charge in [-0.15, -0.1) is 0 Å². The van der Waals surface area contributed by atoms with E-state index >= 15 is 0 Å². The van der Waals surface area contributed by atoms with Gasteiger partial charge in [-0.1, -0.05) is 27.7 Å². The molecule has 0 aromatic heterocycles. The van der Waals surface area contributed by atoms with E-state index in [9.17, 15) is 20.1 Å². The highest BCUT2D eigenvalue weighted by atomic mass is 16.5. The van der Waals surface area contributed by atoms with Crippen molar-refractivity contribution in [2.24, 2.45) is 46.3 Å². The van der Waals surface area contributed by atoms with Gasteiger partial charge in [0.05, 0.1) is 5.92 Å². The molecule has 0 amide bonds. The molecule has 4 rings (SSSR count). The lowest BCUT2D eigenvalue weighted by Crippen LogP contribution is -2.68. The number of hydrogen-bond donors (Lipinski definition) is 4. The molecule has 0 aromatic carbocycles. The maximum atomic E-state index is 12.1. The highest BCUT2D eigenvalue weighted by Gasteiger charge is 2.68. The third-order valence-electron chi connectivity index (χ3n) is 10.2. The van der Waals surface area contributed by atoms with Gasteiger partial charge < -0.3 is 20.6 Å². The Hall–Kier alpha value is -0.650. The van der Waals surface area contributed by atoms with Crippen LogP contribution in [0.5, 0.6) is 0 Å². The van der Waals surface area contributed by atoms with Gasteiger partial charge in [-0.2, -0.15) is 0 Å². The summed E-state index contributed by atoms with van der Waals surface area (Å²) in [7, 11) is 0. The average Bonchev–Trinajstić information content (AvgIpc) is 2.99. The van der Waals surface area contributed by atoms with E-state index in [1.807, 2.05) is 0 Å². The molecular formula is C25H43NO4. The Balaban J connectivity index is 1.72. The third-order valence-corrected chi connectivity index (χ3v) is 10.2. The van der Waals surface area contributed by atoms with Gasteiger partial charge in [-0.3, -0.25) is 4.79 Å². The zero-order valence-corrected chi connectivity index (χ0v) is 19.4. The van der Waals surface area contributed by atoms with Crippen LogP contribution >= 0.6 is 0 Å². The third kappa shape index (κ3) is 3.26. The maximum absolute atomic E-state index is 12.1. The zero-order chi connectivity index (χ0) is 21.9. The molecule has 8 atom stereocenters. The fourth-order valence-corrected chi connectivity index (χ4v) is 8.68. The van der Waals surface area contributed by atoms with E-state index in [0.29, 0.717) is 30.1 Å². The van der Waals surface area contributed by atoms with Crippen LogP contribution in [0.1, 0.15) is 85.5 Å². The average molecular weight is 422 g/mol. The lowest BCUT2D eigenvalue weighted by molar-refractivity contribution is -0.316. The summed E-state index contributed by atoms with van der Waals surface area (Å²) in [4.78, 5) is 12.1. The largest absolute Gasteiger partial charge is 0.481 e. The van der Waals surface area contributed by atoms with E-state index in [1.165, 1.54) is 0 Å². The molecule has 0 spiro atoms. The molecule has 0 saturated heterocycles. The predicted octanol–water partition coefficient (Wildman–Crippen LogP) is 4.03. The molecule has 0 unspecified atom stereocenters. The van der Waals surface area contributed by atoms with Crippen molar-refractivity contribution in [1.82, 2.24) is 5.32 Å². The topological polar surface area (TPSA) is 89.8 Å². The van der Waals surface area contributed by atoms with E-state index in [0.717, 1.165) is 57.9 Å². The number of hydrogen-bond acceptors (Lipinski definition) is 4. The van der Waals surface area contributed by atoms with Gasteiger partial charge in [-0.25, -0.2) is 0 Å². The monoisotopic (exact) mass is 421 g/mol. The lowest BCUT2D eigenvalue weighted by atomic mass is 9.42. The molecule has 30 heavy (non-hydrogen) atoms. The first kappa shape index (κ1) is 22.5. The standard InChI is InChI=1S/C25H43NO4/c1-15(2)11-13-26-20-14-23(3)18(9-10-19(23)22(27)28)17-8-7-16-6-5-12-25(29,30)24(16,4)21(17)20/h15-21,26,29-30H,5-14H2,1-4H3,(H,27,28)/t16-,17+,18+,19-,20-,21-,23+,24+/m1/s1. The molecule has 4 aliphatic rings. The van der Waals surface area contributed by atoms with Gasteiger partial charge in [0.25, 0.3) is 0 Å². The van der Waals surface area contributed by atoms with Crippen molar-refractivity contribution < 1.29 is 20.1 Å². The number of nitrogens with one attached hydrogen (secondary N) is 1. The molecule has 5 nitrogen and oxygen atoms in total. The quantitative estimate of drug-likeness (QED) is 0.503. The number of fused-ring (bicyclic) bond motifs is 5. The molecule has 4 saturated carbocycles. The van der Waals surface area contributed by atoms with Crippen molar-refractivity contribution in [3.8, 4) is 0 Å². The highest BCUT2D eigenvalue weighted by Crippen LogP contribution is 2.68. The molecule has 0 radical (unpaired) electrons. The number of carboxylic acid groups (broad SMARTS) is 1. The van der Waals surface area contributed by atoms with Crippen LogP contribution in [-0.4, -0.2) is 39.7 Å². The second-order valence-corrected chi connectivity index (χ2v) is 12.0. The molecular weight excluding hydrogens is 378 g/mol. The first-order valence-corrected chi connectivity index (χ1v) is 12.4. The Morgan fingerprint density at radius 1 is 1.10 bits per heavy atom. The van der Waals surface area contributed by atoms with E-state index in [4.69, 9.17) is 0 Å². The van der Waals surface area contributed by atoms with Crippen LogP contribution in [0.25, 0.3) is 0 Å². The van der Waals surface area contributed by atoms with Crippen molar-refractivity contribution in [2.75, 3.05) is 6.54 Å². The molecule has 172 valence electrons. The first-order chi connectivity index (χ1) is 14.0. The van der Waals surface area contributed by atoms with Gasteiger partial charge in [0.15, 0.2) is 5.79 Å². The highest BCUT2D eigenvalue weighted by molar-refractivity contribution is 5.71. The molecule has 0 aromatic rings. The molecule has 0 aliphatic heterocycles. The Morgan fingerprint density at radius 2 is 1.83 bits per heavy atom.